The SMILES string of the molecule is Cc1ccc(-c2nnnn2C)cc1C. The molecule has 0 radical (unpaired) electrons. The van der Waals surface area contributed by atoms with Gasteiger partial charge in [0.05, 0.1) is 0 Å². The Hall–Kier alpha value is -1.71. The van der Waals surface area contributed by atoms with Crippen LogP contribution in [0.2, 0.25) is 0 Å². The van der Waals surface area contributed by atoms with Crippen molar-refractivity contribution in [2.75, 3.05) is 0 Å². The molecule has 0 bridgehead atoms. The maximum absolute atomic E-state index is 3.96. The van der Waals surface area contributed by atoms with Crippen molar-refractivity contribution in [3.05, 3.63) is 29.3 Å². The maximum atomic E-state index is 3.96. The zero-order valence-corrected chi connectivity index (χ0v) is 8.52. The predicted octanol–water partition coefficient (Wildman–Crippen LogP) is 1.49. The third kappa shape index (κ3) is 1.39. The van der Waals surface area contributed by atoms with Gasteiger partial charge in [-0.3, -0.25) is 0 Å². The Labute approximate surface area is 82.6 Å². The first kappa shape index (κ1) is 8.87. The highest BCUT2D eigenvalue weighted by Crippen LogP contribution is 2.18. The topological polar surface area (TPSA) is 43.6 Å². The minimum atomic E-state index is 0.799. The molecular weight excluding hydrogens is 176 g/mol. The van der Waals surface area contributed by atoms with Gasteiger partial charge in [0, 0.05) is 12.6 Å². The number of aromatic nitrogens is 4. The zero-order valence-electron chi connectivity index (χ0n) is 8.52. The van der Waals surface area contributed by atoms with Gasteiger partial charge in [-0.05, 0) is 41.5 Å². The van der Waals surface area contributed by atoms with Crippen LogP contribution in [-0.2, 0) is 7.05 Å². The van der Waals surface area contributed by atoms with Crippen LogP contribution >= 0.6 is 0 Å². The number of rotatable bonds is 1. The van der Waals surface area contributed by atoms with Crippen LogP contribution in [0.3, 0.4) is 0 Å². The molecule has 1 heterocycles. The minimum Gasteiger partial charge on any atom is -0.229 e. The Morgan fingerprint density at radius 3 is 2.50 bits per heavy atom. The average Bonchev–Trinajstić information content (AvgIpc) is 2.57. The highest BCUT2D eigenvalue weighted by atomic mass is 15.5. The molecule has 0 aliphatic rings. The molecule has 4 nitrogen and oxygen atoms in total. The van der Waals surface area contributed by atoms with Gasteiger partial charge in [-0.2, -0.15) is 0 Å². The summed E-state index contributed by atoms with van der Waals surface area (Å²) >= 11 is 0. The molecule has 0 atom stereocenters. The Balaban J connectivity index is 2.53. The lowest BCUT2D eigenvalue weighted by Gasteiger charge is -2.02. The van der Waals surface area contributed by atoms with E-state index in [-0.39, 0.29) is 0 Å². The van der Waals surface area contributed by atoms with E-state index in [2.05, 4.69) is 41.5 Å². The van der Waals surface area contributed by atoms with Crippen molar-refractivity contribution in [3.63, 3.8) is 0 Å². The second-order valence-electron chi connectivity index (χ2n) is 3.43. The summed E-state index contributed by atoms with van der Waals surface area (Å²) in [4.78, 5) is 0. The van der Waals surface area contributed by atoms with E-state index in [1.54, 1.807) is 4.68 Å². The molecule has 0 spiro atoms. The van der Waals surface area contributed by atoms with E-state index in [1.807, 2.05) is 13.1 Å². The first-order valence-electron chi connectivity index (χ1n) is 4.48. The molecule has 0 saturated carbocycles. The molecule has 1 aromatic heterocycles. The Kier molecular flexibility index (Phi) is 2.04. The van der Waals surface area contributed by atoms with Crippen molar-refractivity contribution in [2.24, 2.45) is 7.05 Å². The predicted molar refractivity (Wildman–Crippen MR) is 53.7 cm³/mol. The van der Waals surface area contributed by atoms with Gasteiger partial charge in [0.2, 0.25) is 0 Å². The molecule has 2 rings (SSSR count). The first-order valence-corrected chi connectivity index (χ1v) is 4.48. The fourth-order valence-corrected chi connectivity index (χ4v) is 1.35. The van der Waals surface area contributed by atoms with E-state index in [4.69, 9.17) is 0 Å². The van der Waals surface area contributed by atoms with E-state index < -0.39 is 0 Å². The number of hydrogen-bond acceptors (Lipinski definition) is 3. The third-order valence-corrected chi connectivity index (χ3v) is 2.39. The van der Waals surface area contributed by atoms with Crippen molar-refractivity contribution in [2.45, 2.75) is 13.8 Å². The van der Waals surface area contributed by atoms with Gasteiger partial charge in [0.1, 0.15) is 0 Å². The van der Waals surface area contributed by atoms with Crippen LogP contribution in [0, 0.1) is 13.8 Å². The van der Waals surface area contributed by atoms with Crippen LogP contribution in [-0.4, -0.2) is 20.2 Å². The van der Waals surface area contributed by atoms with E-state index in [9.17, 15) is 0 Å². The van der Waals surface area contributed by atoms with E-state index in [1.165, 1.54) is 11.1 Å². The standard InChI is InChI=1S/C10H12N4/c1-7-4-5-9(6-8(7)2)10-11-12-13-14(10)3/h4-6H,1-3H3. The Morgan fingerprint density at radius 2 is 1.93 bits per heavy atom. The number of aryl methyl sites for hydroxylation is 3. The van der Waals surface area contributed by atoms with Crippen molar-refractivity contribution >= 4 is 0 Å². The zero-order chi connectivity index (χ0) is 10.1. The molecule has 14 heavy (non-hydrogen) atoms. The van der Waals surface area contributed by atoms with Crippen LogP contribution in [0.15, 0.2) is 18.2 Å². The smallest absolute Gasteiger partial charge is 0.181 e. The molecule has 0 aliphatic heterocycles. The summed E-state index contributed by atoms with van der Waals surface area (Å²) in [6, 6.07) is 6.22. The fraction of sp³-hybridized carbons (Fsp3) is 0.300. The van der Waals surface area contributed by atoms with Crippen molar-refractivity contribution in [1.82, 2.24) is 20.2 Å². The maximum Gasteiger partial charge on any atom is 0.181 e. The number of benzene rings is 1. The largest absolute Gasteiger partial charge is 0.229 e. The lowest BCUT2D eigenvalue weighted by molar-refractivity contribution is 0.714. The summed E-state index contributed by atoms with van der Waals surface area (Å²) in [6.45, 7) is 4.18. The second kappa shape index (κ2) is 3.21. The molecule has 0 amide bonds. The van der Waals surface area contributed by atoms with Gasteiger partial charge < -0.3 is 0 Å². The molecule has 0 fully saturated rings. The lowest BCUT2D eigenvalue weighted by atomic mass is 10.1. The summed E-state index contributed by atoms with van der Waals surface area (Å²) in [5.74, 6) is 0.799. The summed E-state index contributed by atoms with van der Waals surface area (Å²) in [6.07, 6.45) is 0. The Bertz CT molecular complexity index is 459. The average molecular weight is 188 g/mol. The molecule has 1 aromatic carbocycles. The van der Waals surface area contributed by atoms with Gasteiger partial charge in [-0.15, -0.1) is 5.10 Å². The second-order valence-corrected chi connectivity index (χ2v) is 3.43. The normalized spacial score (nSPS) is 10.5. The monoisotopic (exact) mass is 188 g/mol. The van der Waals surface area contributed by atoms with Crippen molar-refractivity contribution < 1.29 is 0 Å². The van der Waals surface area contributed by atoms with Crippen LogP contribution in [0.1, 0.15) is 11.1 Å². The number of nitrogens with zero attached hydrogens (tertiary/aromatic N) is 4. The van der Waals surface area contributed by atoms with Crippen molar-refractivity contribution in [3.8, 4) is 11.4 Å². The van der Waals surface area contributed by atoms with Crippen LogP contribution < -0.4 is 0 Å². The number of hydrogen-bond donors (Lipinski definition) is 0. The quantitative estimate of drug-likeness (QED) is 0.681. The van der Waals surface area contributed by atoms with E-state index in [0.29, 0.717) is 0 Å². The summed E-state index contributed by atoms with van der Waals surface area (Å²) in [5.41, 5.74) is 3.59. The van der Waals surface area contributed by atoms with Gasteiger partial charge in [0.25, 0.3) is 0 Å². The molecule has 0 N–H and O–H groups in total. The third-order valence-electron chi connectivity index (χ3n) is 2.39. The van der Waals surface area contributed by atoms with Gasteiger partial charge in [-0.1, -0.05) is 12.1 Å². The van der Waals surface area contributed by atoms with Crippen LogP contribution in [0.4, 0.5) is 0 Å². The van der Waals surface area contributed by atoms with Gasteiger partial charge in [-0.25, -0.2) is 4.68 Å². The highest BCUT2D eigenvalue weighted by molar-refractivity contribution is 5.56. The highest BCUT2D eigenvalue weighted by Gasteiger charge is 2.05. The minimum absolute atomic E-state index is 0.799. The molecule has 2 aromatic rings. The summed E-state index contributed by atoms with van der Waals surface area (Å²) in [7, 11) is 1.84. The van der Waals surface area contributed by atoms with Crippen LogP contribution in [0.25, 0.3) is 11.4 Å². The fourth-order valence-electron chi connectivity index (χ4n) is 1.35. The molecule has 0 saturated heterocycles. The molecule has 4 heteroatoms. The Morgan fingerprint density at radius 1 is 1.14 bits per heavy atom. The molecule has 0 aliphatic carbocycles. The van der Waals surface area contributed by atoms with Gasteiger partial charge >= 0.3 is 0 Å². The number of tetrazole rings is 1. The summed E-state index contributed by atoms with van der Waals surface area (Å²) in [5, 5.41) is 11.4. The first-order chi connectivity index (χ1) is 6.68. The van der Waals surface area contributed by atoms with E-state index >= 15 is 0 Å². The van der Waals surface area contributed by atoms with E-state index in [0.717, 1.165) is 11.4 Å². The molecular formula is C10H12N4. The van der Waals surface area contributed by atoms with Crippen molar-refractivity contribution in [1.29, 1.82) is 0 Å². The molecule has 72 valence electrons. The summed E-state index contributed by atoms with van der Waals surface area (Å²) < 4.78 is 1.67. The van der Waals surface area contributed by atoms with Gasteiger partial charge in [0.15, 0.2) is 5.82 Å². The molecule has 0 unspecified atom stereocenters. The lowest BCUT2D eigenvalue weighted by Crippen LogP contribution is -1.95. The van der Waals surface area contributed by atoms with Crippen LogP contribution in [0.5, 0.6) is 0 Å².